The van der Waals surface area contributed by atoms with Gasteiger partial charge in [-0.2, -0.15) is 0 Å². The quantitative estimate of drug-likeness (QED) is 0.575. The second kappa shape index (κ2) is 9.11. The van der Waals surface area contributed by atoms with E-state index < -0.39 is 0 Å². The highest BCUT2D eigenvalue weighted by atomic mass is 19.1. The summed E-state index contributed by atoms with van der Waals surface area (Å²) in [7, 11) is 0. The van der Waals surface area contributed by atoms with Gasteiger partial charge in [0, 0.05) is 43.9 Å². The number of likely N-dealkylation sites (tertiary alicyclic amines) is 1. The van der Waals surface area contributed by atoms with E-state index in [1.165, 1.54) is 19.5 Å². The van der Waals surface area contributed by atoms with Crippen molar-refractivity contribution in [1.29, 1.82) is 0 Å². The van der Waals surface area contributed by atoms with Crippen LogP contribution in [-0.2, 0) is 6.54 Å². The maximum Gasteiger partial charge on any atom is 0.207 e. The first-order chi connectivity index (χ1) is 17.0. The minimum Gasteiger partial charge on any atom is -0.463 e. The normalized spacial score (nSPS) is 20.3. The van der Waals surface area contributed by atoms with E-state index in [9.17, 15) is 4.39 Å². The molecule has 3 aliphatic heterocycles. The van der Waals surface area contributed by atoms with Crippen molar-refractivity contribution >= 4 is 11.6 Å². The summed E-state index contributed by atoms with van der Waals surface area (Å²) in [6, 6.07) is 5.27. The van der Waals surface area contributed by atoms with Crippen LogP contribution in [0, 0.1) is 12.7 Å². The van der Waals surface area contributed by atoms with E-state index in [0.717, 1.165) is 73.5 Å². The van der Waals surface area contributed by atoms with Crippen LogP contribution < -0.4 is 15.0 Å². The van der Waals surface area contributed by atoms with Crippen molar-refractivity contribution in [2.24, 2.45) is 0 Å². The maximum absolute atomic E-state index is 13.9. The Bertz CT molecular complexity index is 1220. The summed E-state index contributed by atoms with van der Waals surface area (Å²) in [4.78, 5) is 18.7. The number of benzene rings is 1. The van der Waals surface area contributed by atoms with Crippen molar-refractivity contribution in [2.75, 3.05) is 42.9 Å². The number of piperidine rings is 1. The van der Waals surface area contributed by atoms with Crippen molar-refractivity contribution in [3.05, 3.63) is 47.9 Å². The van der Waals surface area contributed by atoms with Crippen molar-refractivity contribution in [3.63, 3.8) is 0 Å². The highest BCUT2D eigenvalue weighted by molar-refractivity contribution is 5.67. The van der Waals surface area contributed by atoms with Gasteiger partial charge in [0.15, 0.2) is 17.9 Å². The fraction of sp³-hybridized carbons (Fsp3) is 0.500. The number of imidazole rings is 1. The largest absolute Gasteiger partial charge is 0.463 e. The van der Waals surface area contributed by atoms with Crippen LogP contribution in [0.5, 0.6) is 5.75 Å². The summed E-state index contributed by atoms with van der Waals surface area (Å²) < 4.78 is 22.1. The third-order valence-electron chi connectivity index (χ3n) is 7.45. The summed E-state index contributed by atoms with van der Waals surface area (Å²) >= 11 is 0. The van der Waals surface area contributed by atoms with Crippen LogP contribution in [0.3, 0.4) is 0 Å². The molecule has 1 atom stereocenters. The van der Waals surface area contributed by atoms with E-state index >= 15 is 0 Å². The number of nitrogens with zero attached hydrogens (tertiary/aromatic N) is 6. The Morgan fingerprint density at radius 3 is 2.69 bits per heavy atom. The second-order valence-corrected chi connectivity index (χ2v) is 9.88. The average molecular weight is 478 g/mol. The SMILES string of the molecule is Cc1cc(-c2cn(CCN3CCC3)c(C3CCN(c4ncnc5c4OC(C)N5)CC3)n2)ccc1F. The number of rotatable bonds is 6. The molecule has 0 bridgehead atoms. The minimum atomic E-state index is -0.177. The van der Waals surface area contributed by atoms with Gasteiger partial charge < -0.3 is 24.4 Å². The number of hydrogen-bond donors (Lipinski definition) is 1. The molecule has 8 nitrogen and oxygen atoms in total. The summed E-state index contributed by atoms with van der Waals surface area (Å²) in [5.41, 5.74) is 2.55. The lowest BCUT2D eigenvalue weighted by atomic mass is 9.95. The number of anilines is 2. The minimum absolute atomic E-state index is 0.0922. The van der Waals surface area contributed by atoms with Gasteiger partial charge in [-0.1, -0.05) is 0 Å². The van der Waals surface area contributed by atoms with Crippen LogP contribution >= 0.6 is 0 Å². The van der Waals surface area contributed by atoms with E-state index in [4.69, 9.17) is 9.72 Å². The molecule has 2 fully saturated rings. The van der Waals surface area contributed by atoms with E-state index in [2.05, 4.69) is 35.8 Å². The molecule has 6 rings (SSSR count). The van der Waals surface area contributed by atoms with Gasteiger partial charge in [-0.05, 0) is 70.0 Å². The summed E-state index contributed by atoms with van der Waals surface area (Å²) in [6.45, 7) is 9.89. The molecular formula is C26H32FN7O. The molecule has 35 heavy (non-hydrogen) atoms. The van der Waals surface area contributed by atoms with E-state index in [1.807, 2.05) is 19.1 Å². The van der Waals surface area contributed by atoms with Crippen LogP contribution in [0.4, 0.5) is 16.0 Å². The van der Waals surface area contributed by atoms with E-state index in [1.54, 1.807) is 19.3 Å². The Balaban J connectivity index is 1.22. The topological polar surface area (TPSA) is 71.3 Å². The van der Waals surface area contributed by atoms with Gasteiger partial charge in [0.2, 0.25) is 5.75 Å². The highest BCUT2D eigenvalue weighted by Gasteiger charge is 2.31. The van der Waals surface area contributed by atoms with Gasteiger partial charge in [0.05, 0.1) is 5.69 Å². The van der Waals surface area contributed by atoms with E-state index in [0.29, 0.717) is 11.5 Å². The van der Waals surface area contributed by atoms with Gasteiger partial charge >= 0.3 is 0 Å². The van der Waals surface area contributed by atoms with Gasteiger partial charge in [-0.3, -0.25) is 0 Å². The Kier molecular flexibility index (Phi) is 5.80. The molecule has 1 N–H and O–H groups in total. The molecule has 2 saturated heterocycles. The summed E-state index contributed by atoms with van der Waals surface area (Å²) in [5.74, 6) is 3.72. The Hall–Kier alpha value is -3.20. The summed E-state index contributed by atoms with van der Waals surface area (Å²) in [6.07, 6.45) is 6.94. The van der Waals surface area contributed by atoms with Crippen molar-refractivity contribution in [1.82, 2.24) is 24.4 Å². The maximum atomic E-state index is 13.9. The Morgan fingerprint density at radius 2 is 1.94 bits per heavy atom. The summed E-state index contributed by atoms with van der Waals surface area (Å²) in [5, 5.41) is 3.24. The molecule has 1 unspecified atom stereocenters. The average Bonchev–Trinajstić information content (AvgIpc) is 3.43. The zero-order valence-corrected chi connectivity index (χ0v) is 20.4. The van der Waals surface area contributed by atoms with Crippen LogP contribution in [0.1, 0.15) is 43.5 Å². The molecule has 0 saturated carbocycles. The molecule has 0 spiro atoms. The predicted molar refractivity (Wildman–Crippen MR) is 133 cm³/mol. The Morgan fingerprint density at radius 1 is 1.11 bits per heavy atom. The number of halogens is 1. The van der Waals surface area contributed by atoms with Crippen molar-refractivity contribution in [2.45, 2.75) is 51.8 Å². The van der Waals surface area contributed by atoms with Crippen LogP contribution in [0.15, 0.2) is 30.7 Å². The lowest BCUT2D eigenvalue weighted by molar-refractivity contribution is 0.173. The second-order valence-electron chi connectivity index (χ2n) is 9.88. The number of ether oxygens (including phenoxy) is 1. The highest BCUT2D eigenvalue weighted by Crippen LogP contribution is 2.40. The van der Waals surface area contributed by atoms with Gasteiger partial charge in [-0.15, -0.1) is 0 Å². The standard InChI is InChI=1S/C26H32FN7O/c1-17-14-20(4-5-21(17)27)22-15-34(13-12-32-8-3-9-32)25(31-22)19-6-10-33(11-7-19)26-23-24(28-16-29-26)30-18(2)35-23/h4-5,14-16,18-19H,3,6-13H2,1-2H3,(H,28,29,30). The molecule has 0 aliphatic carbocycles. The predicted octanol–water partition coefficient (Wildman–Crippen LogP) is 4.03. The van der Waals surface area contributed by atoms with Crippen LogP contribution in [0.2, 0.25) is 0 Å². The molecule has 0 amide bonds. The number of hydrogen-bond acceptors (Lipinski definition) is 7. The van der Waals surface area contributed by atoms with Crippen LogP contribution in [-0.4, -0.2) is 63.4 Å². The third-order valence-corrected chi connectivity index (χ3v) is 7.45. The molecule has 1 aromatic carbocycles. The smallest absolute Gasteiger partial charge is 0.207 e. The fourth-order valence-electron chi connectivity index (χ4n) is 5.28. The Labute approximate surface area is 205 Å². The first kappa shape index (κ1) is 22.3. The fourth-order valence-corrected chi connectivity index (χ4v) is 5.28. The van der Waals surface area contributed by atoms with Gasteiger partial charge in [0.1, 0.15) is 18.0 Å². The lowest BCUT2D eigenvalue weighted by Crippen LogP contribution is -2.39. The van der Waals surface area contributed by atoms with Crippen molar-refractivity contribution in [3.8, 4) is 17.0 Å². The molecule has 3 aliphatic rings. The first-order valence-electron chi connectivity index (χ1n) is 12.6. The zero-order chi connectivity index (χ0) is 23.9. The first-order valence-corrected chi connectivity index (χ1v) is 12.6. The van der Waals surface area contributed by atoms with Crippen LogP contribution in [0.25, 0.3) is 11.3 Å². The van der Waals surface area contributed by atoms with Crippen molar-refractivity contribution < 1.29 is 9.13 Å². The molecule has 0 radical (unpaired) electrons. The monoisotopic (exact) mass is 477 g/mol. The number of aryl methyl sites for hydroxylation is 1. The third kappa shape index (κ3) is 4.33. The molecule has 9 heteroatoms. The number of nitrogens with one attached hydrogen (secondary N) is 1. The molecule has 3 aromatic rings. The number of fused-ring (bicyclic) bond motifs is 1. The molecular weight excluding hydrogens is 445 g/mol. The van der Waals surface area contributed by atoms with E-state index in [-0.39, 0.29) is 12.0 Å². The molecule has 2 aromatic heterocycles. The lowest BCUT2D eigenvalue weighted by Gasteiger charge is -2.34. The zero-order valence-electron chi connectivity index (χ0n) is 20.4. The number of aromatic nitrogens is 4. The van der Waals surface area contributed by atoms with Gasteiger partial charge in [0.25, 0.3) is 0 Å². The van der Waals surface area contributed by atoms with Gasteiger partial charge in [-0.25, -0.2) is 19.3 Å². The molecule has 184 valence electrons. The molecule has 5 heterocycles.